The summed E-state index contributed by atoms with van der Waals surface area (Å²) in [7, 11) is 0. The lowest BCUT2D eigenvalue weighted by Gasteiger charge is -2.18. The Balaban J connectivity index is 4.08. The minimum Gasteiger partial charge on any atom is -0.462 e. The number of allylic oxidation sites excluding steroid dienone is 8. The standard InChI is InChI=1S/C53H94O6/c1-4-7-10-13-16-18-20-21-22-23-24-25-26-27-28-29-30-31-32-33-34-36-37-40-43-46-52(55)58-49-50(48-57-51(54)45-42-39-15-12-9-6-3)59-53(56)47-44-41-38-35-19-17-14-11-8-5-2/h11,14,20-21,23-24,26-27,50H,4-10,12-13,15-19,22,25,28-49H2,1-3H3/b14-11-,21-20-,24-23-,27-26-. The van der Waals surface area contributed by atoms with E-state index in [1.165, 1.54) is 122 Å². The van der Waals surface area contributed by atoms with Crippen LogP contribution in [0.15, 0.2) is 48.6 Å². The van der Waals surface area contributed by atoms with Crippen LogP contribution in [0, 0.1) is 0 Å². The number of carbonyl (C=O) groups excluding carboxylic acids is 3. The summed E-state index contributed by atoms with van der Waals surface area (Å²) in [6.45, 7) is 6.49. The minimum absolute atomic E-state index is 0.0775. The van der Waals surface area contributed by atoms with Gasteiger partial charge in [0.15, 0.2) is 6.10 Å². The molecule has 0 aliphatic heterocycles. The third kappa shape index (κ3) is 46.3. The molecule has 6 nitrogen and oxygen atoms in total. The van der Waals surface area contributed by atoms with Gasteiger partial charge < -0.3 is 14.2 Å². The molecule has 6 heteroatoms. The van der Waals surface area contributed by atoms with Gasteiger partial charge in [0.2, 0.25) is 0 Å². The van der Waals surface area contributed by atoms with E-state index in [9.17, 15) is 14.4 Å². The summed E-state index contributed by atoms with van der Waals surface area (Å²) in [5, 5.41) is 0. The zero-order valence-electron chi connectivity index (χ0n) is 39.0. The van der Waals surface area contributed by atoms with Crippen LogP contribution in [-0.4, -0.2) is 37.2 Å². The molecule has 0 fully saturated rings. The number of rotatable bonds is 45. The maximum absolute atomic E-state index is 12.7. The van der Waals surface area contributed by atoms with Crippen LogP contribution in [0.1, 0.15) is 252 Å². The summed E-state index contributed by atoms with van der Waals surface area (Å²) in [4.78, 5) is 37.6. The van der Waals surface area contributed by atoms with E-state index in [4.69, 9.17) is 14.2 Å². The number of hydrogen-bond donors (Lipinski definition) is 0. The Labute approximate surface area is 365 Å². The van der Waals surface area contributed by atoms with Gasteiger partial charge in [0.05, 0.1) is 0 Å². The fourth-order valence-electron chi connectivity index (χ4n) is 6.98. The first-order valence-corrected chi connectivity index (χ1v) is 25.1. The molecule has 0 bridgehead atoms. The molecule has 0 aliphatic carbocycles. The van der Waals surface area contributed by atoms with Crippen molar-refractivity contribution in [2.24, 2.45) is 0 Å². The zero-order chi connectivity index (χ0) is 43.0. The quantitative estimate of drug-likeness (QED) is 0.0263. The van der Waals surface area contributed by atoms with Gasteiger partial charge in [-0.25, -0.2) is 0 Å². The number of ether oxygens (including phenoxy) is 3. The topological polar surface area (TPSA) is 78.9 Å². The summed E-state index contributed by atoms with van der Waals surface area (Å²) in [5.41, 5.74) is 0. The molecule has 0 radical (unpaired) electrons. The van der Waals surface area contributed by atoms with Crippen molar-refractivity contribution in [3.63, 3.8) is 0 Å². The molecule has 0 spiro atoms. The minimum atomic E-state index is -0.772. The van der Waals surface area contributed by atoms with E-state index in [-0.39, 0.29) is 31.1 Å². The van der Waals surface area contributed by atoms with E-state index in [0.717, 1.165) is 89.9 Å². The third-order valence-electron chi connectivity index (χ3n) is 10.8. The van der Waals surface area contributed by atoms with Gasteiger partial charge in [-0.05, 0) is 77.0 Å². The highest BCUT2D eigenvalue weighted by molar-refractivity contribution is 5.71. The van der Waals surface area contributed by atoms with Crippen LogP contribution < -0.4 is 0 Å². The van der Waals surface area contributed by atoms with E-state index in [1.807, 2.05) is 0 Å². The maximum atomic E-state index is 12.7. The average molecular weight is 827 g/mol. The highest BCUT2D eigenvalue weighted by Gasteiger charge is 2.19. The van der Waals surface area contributed by atoms with E-state index in [1.54, 1.807) is 0 Å². The van der Waals surface area contributed by atoms with Crippen molar-refractivity contribution < 1.29 is 28.6 Å². The molecule has 1 unspecified atom stereocenters. The number of carbonyl (C=O) groups is 3. The van der Waals surface area contributed by atoms with Crippen LogP contribution in [0.2, 0.25) is 0 Å². The van der Waals surface area contributed by atoms with Crippen molar-refractivity contribution in [2.75, 3.05) is 13.2 Å². The van der Waals surface area contributed by atoms with Gasteiger partial charge in [-0.3, -0.25) is 14.4 Å². The van der Waals surface area contributed by atoms with Gasteiger partial charge in [-0.2, -0.15) is 0 Å². The lowest BCUT2D eigenvalue weighted by atomic mass is 10.1. The number of unbranched alkanes of at least 4 members (excludes halogenated alkanes) is 26. The Morgan fingerprint density at radius 1 is 0.339 bits per heavy atom. The van der Waals surface area contributed by atoms with Crippen LogP contribution in [0.5, 0.6) is 0 Å². The molecule has 342 valence electrons. The highest BCUT2D eigenvalue weighted by atomic mass is 16.6. The van der Waals surface area contributed by atoms with Gasteiger partial charge in [0, 0.05) is 19.3 Å². The molecular formula is C53H94O6. The van der Waals surface area contributed by atoms with Crippen LogP contribution in [0.3, 0.4) is 0 Å². The second-order valence-corrected chi connectivity index (χ2v) is 16.7. The van der Waals surface area contributed by atoms with Crippen LogP contribution >= 0.6 is 0 Å². The van der Waals surface area contributed by atoms with Crippen molar-refractivity contribution in [1.29, 1.82) is 0 Å². The van der Waals surface area contributed by atoms with E-state index in [0.29, 0.717) is 19.3 Å². The molecule has 1 atom stereocenters. The summed E-state index contributed by atoms with van der Waals surface area (Å²) >= 11 is 0. The number of hydrogen-bond acceptors (Lipinski definition) is 6. The maximum Gasteiger partial charge on any atom is 0.306 e. The predicted molar refractivity (Wildman–Crippen MR) is 252 cm³/mol. The van der Waals surface area contributed by atoms with Gasteiger partial charge in [0.25, 0.3) is 0 Å². The van der Waals surface area contributed by atoms with E-state index < -0.39 is 6.10 Å². The summed E-state index contributed by atoms with van der Waals surface area (Å²) in [5.74, 6) is -0.900. The molecule has 0 aromatic heterocycles. The van der Waals surface area contributed by atoms with Crippen molar-refractivity contribution in [3.05, 3.63) is 48.6 Å². The third-order valence-corrected chi connectivity index (χ3v) is 10.8. The lowest BCUT2D eigenvalue weighted by Crippen LogP contribution is -2.30. The molecule has 0 amide bonds. The van der Waals surface area contributed by atoms with E-state index >= 15 is 0 Å². The average Bonchev–Trinajstić information content (AvgIpc) is 3.23. The van der Waals surface area contributed by atoms with E-state index in [2.05, 4.69) is 69.4 Å². The predicted octanol–water partition coefficient (Wildman–Crippen LogP) is 16.3. The SMILES string of the molecule is CCC/C=C\CCCCCCCC(=O)OC(COC(=O)CCCCCCCC)COC(=O)CCCCCCCCCCCC/C=C\C/C=C\C/C=C\CCCCCCC. The molecule has 0 heterocycles. The van der Waals surface area contributed by atoms with Gasteiger partial charge in [0.1, 0.15) is 13.2 Å². The highest BCUT2D eigenvalue weighted by Crippen LogP contribution is 2.14. The summed E-state index contributed by atoms with van der Waals surface area (Å²) in [6, 6.07) is 0. The Morgan fingerprint density at radius 2 is 0.644 bits per heavy atom. The molecule has 0 saturated heterocycles. The molecule has 0 N–H and O–H groups in total. The second kappa shape index (κ2) is 48.0. The monoisotopic (exact) mass is 827 g/mol. The lowest BCUT2D eigenvalue weighted by molar-refractivity contribution is -0.167. The first kappa shape index (κ1) is 56.4. The summed E-state index contributed by atoms with van der Waals surface area (Å²) < 4.78 is 16.6. The Hall–Kier alpha value is -2.63. The molecule has 0 saturated carbocycles. The van der Waals surface area contributed by atoms with Crippen molar-refractivity contribution in [1.82, 2.24) is 0 Å². The smallest absolute Gasteiger partial charge is 0.306 e. The Bertz CT molecular complexity index is 1040. The van der Waals surface area contributed by atoms with Gasteiger partial charge >= 0.3 is 17.9 Å². The molecule has 0 aromatic carbocycles. The normalized spacial score (nSPS) is 12.4. The van der Waals surface area contributed by atoms with Crippen molar-refractivity contribution in [3.8, 4) is 0 Å². The van der Waals surface area contributed by atoms with Crippen molar-refractivity contribution >= 4 is 17.9 Å². The summed E-state index contributed by atoms with van der Waals surface area (Å²) in [6.07, 6.45) is 57.0. The van der Waals surface area contributed by atoms with Crippen LogP contribution in [0.25, 0.3) is 0 Å². The fraction of sp³-hybridized carbons (Fsp3) is 0.792. The van der Waals surface area contributed by atoms with Crippen LogP contribution in [0.4, 0.5) is 0 Å². The van der Waals surface area contributed by atoms with Gasteiger partial charge in [-0.15, -0.1) is 0 Å². The van der Waals surface area contributed by atoms with Crippen LogP contribution in [-0.2, 0) is 28.6 Å². The van der Waals surface area contributed by atoms with Gasteiger partial charge in [-0.1, -0.05) is 204 Å². The molecular weight excluding hydrogens is 733 g/mol. The first-order chi connectivity index (χ1) is 29.0. The molecule has 59 heavy (non-hydrogen) atoms. The Kier molecular flexibility index (Phi) is 45.9. The second-order valence-electron chi connectivity index (χ2n) is 16.7. The molecule has 0 aliphatic rings. The number of esters is 3. The largest absolute Gasteiger partial charge is 0.462 e. The fourth-order valence-corrected chi connectivity index (χ4v) is 6.98. The molecule has 0 aromatic rings. The Morgan fingerprint density at radius 3 is 1.03 bits per heavy atom. The first-order valence-electron chi connectivity index (χ1n) is 25.1. The molecule has 0 rings (SSSR count). The zero-order valence-corrected chi connectivity index (χ0v) is 39.0. The van der Waals surface area contributed by atoms with Crippen molar-refractivity contribution in [2.45, 2.75) is 258 Å².